The fourth-order valence-electron chi connectivity index (χ4n) is 7.26. The Balaban J connectivity index is 0.000000173. The monoisotopic (exact) mass is 828 g/mol. The molecule has 13 heteroatoms. The van der Waals surface area contributed by atoms with Gasteiger partial charge in [-0.1, -0.05) is 97.1 Å². The molecule has 0 aromatic heterocycles. The van der Waals surface area contributed by atoms with E-state index in [-0.39, 0.29) is 11.4 Å². The Kier molecular flexibility index (Phi) is 15.5. The van der Waals surface area contributed by atoms with Crippen LogP contribution in [0.1, 0.15) is 24.0 Å². The number of halogens is 1. The molecule has 0 radical (unpaired) electrons. The highest BCUT2D eigenvalue weighted by Crippen LogP contribution is 2.37. The maximum Gasteiger partial charge on any atom is 0.269 e. The number of nitro benzene ring substituents is 2. The molecule has 316 valence electrons. The summed E-state index contributed by atoms with van der Waals surface area (Å²) in [5.41, 5.74) is 0.868. The SMILES string of the molecule is O=[N+]([O-])c1ccc(F)cc1.O=[N+]([O-])c1ccc(OC2(c3ccccc3)CCN(CCOc3ccccc3)C2)cc1.OC1(c2ccccc2)CCN(CCOc2ccccc2)C1. The van der Waals surface area contributed by atoms with Crippen molar-refractivity contribution in [2.45, 2.75) is 24.0 Å². The van der Waals surface area contributed by atoms with Crippen molar-refractivity contribution in [1.29, 1.82) is 0 Å². The van der Waals surface area contributed by atoms with Crippen LogP contribution in [0.5, 0.6) is 17.2 Å². The number of hydrogen-bond donors (Lipinski definition) is 1. The number of non-ortho nitro benzene ring substituents is 2. The van der Waals surface area contributed by atoms with Crippen LogP contribution in [0.4, 0.5) is 15.8 Å². The van der Waals surface area contributed by atoms with Gasteiger partial charge in [-0.3, -0.25) is 30.0 Å². The zero-order chi connectivity index (χ0) is 42.9. The average Bonchev–Trinajstić information content (AvgIpc) is 3.90. The van der Waals surface area contributed by atoms with Gasteiger partial charge in [0.2, 0.25) is 0 Å². The lowest BCUT2D eigenvalue weighted by Crippen LogP contribution is -2.37. The standard InChI is InChI=1S/C24H24N2O4.C18H21NO2.C6H4FNO2/c27-26(28)21-11-13-23(14-12-21)30-24(20-7-3-1-4-8-20)15-16-25(19-24)17-18-29-22-9-5-2-6-10-22;20-18(16-7-3-1-4-8-16)11-12-19(15-18)13-14-21-17-9-5-2-6-10-17;7-5-1-3-6(4-2-5)8(9)10/h1-14H,15-19H2;1-10,20H,11-15H2;1-4H. The molecule has 2 fully saturated rings. The molecule has 2 saturated heterocycles. The van der Waals surface area contributed by atoms with Gasteiger partial charge in [-0.2, -0.15) is 0 Å². The first kappa shape index (κ1) is 43.9. The molecule has 0 saturated carbocycles. The van der Waals surface area contributed by atoms with Crippen LogP contribution >= 0.6 is 0 Å². The van der Waals surface area contributed by atoms with Gasteiger partial charge >= 0.3 is 0 Å². The first-order valence-electron chi connectivity index (χ1n) is 20.1. The second-order valence-electron chi connectivity index (χ2n) is 14.7. The Bertz CT molecular complexity index is 2240. The predicted octanol–water partition coefficient (Wildman–Crippen LogP) is 9.05. The van der Waals surface area contributed by atoms with Gasteiger partial charge in [0, 0.05) is 70.0 Å². The molecular formula is C48H49FN4O8. The highest BCUT2D eigenvalue weighted by molar-refractivity contribution is 5.38. The highest BCUT2D eigenvalue weighted by Gasteiger charge is 2.42. The third-order valence-corrected chi connectivity index (χ3v) is 10.5. The first-order valence-corrected chi connectivity index (χ1v) is 20.1. The summed E-state index contributed by atoms with van der Waals surface area (Å²) >= 11 is 0. The van der Waals surface area contributed by atoms with Gasteiger partial charge in [0.1, 0.15) is 47.5 Å². The van der Waals surface area contributed by atoms with Crippen molar-refractivity contribution in [2.24, 2.45) is 0 Å². The van der Waals surface area contributed by atoms with Crippen molar-refractivity contribution < 1.29 is 33.6 Å². The number of hydrogen-bond acceptors (Lipinski definition) is 10. The third-order valence-electron chi connectivity index (χ3n) is 10.5. The van der Waals surface area contributed by atoms with Crippen molar-refractivity contribution in [3.8, 4) is 17.2 Å². The molecule has 61 heavy (non-hydrogen) atoms. The number of nitro groups is 2. The maximum absolute atomic E-state index is 12.1. The number of rotatable bonds is 14. The Hall–Kier alpha value is -6.67. The van der Waals surface area contributed by atoms with Gasteiger partial charge in [0.15, 0.2) is 0 Å². The summed E-state index contributed by atoms with van der Waals surface area (Å²) in [7, 11) is 0. The lowest BCUT2D eigenvalue weighted by molar-refractivity contribution is -0.385. The third kappa shape index (κ3) is 12.9. The summed E-state index contributed by atoms with van der Waals surface area (Å²) in [5.74, 6) is 1.93. The Morgan fingerprint density at radius 3 is 1.46 bits per heavy atom. The van der Waals surface area contributed by atoms with E-state index in [9.17, 15) is 29.7 Å². The zero-order valence-corrected chi connectivity index (χ0v) is 33.7. The van der Waals surface area contributed by atoms with E-state index in [1.165, 1.54) is 12.1 Å². The molecule has 0 amide bonds. The Morgan fingerprint density at radius 2 is 0.967 bits per heavy atom. The number of β-amino-alcohol motifs (C(OH)–C–C–N with tert-alkyl or cyclic N) is 1. The van der Waals surface area contributed by atoms with Gasteiger partial charge < -0.3 is 19.3 Å². The van der Waals surface area contributed by atoms with Crippen molar-refractivity contribution in [3.63, 3.8) is 0 Å². The van der Waals surface area contributed by atoms with E-state index in [0.29, 0.717) is 25.5 Å². The summed E-state index contributed by atoms with van der Waals surface area (Å²) < 4.78 is 30.2. The van der Waals surface area contributed by atoms with E-state index in [1.54, 1.807) is 12.1 Å². The topological polar surface area (TPSA) is 141 Å². The van der Waals surface area contributed by atoms with Crippen molar-refractivity contribution in [2.75, 3.05) is 52.5 Å². The minimum Gasteiger partial charge on any atom is -0.492 e. The van der Waals surface area contributed by atoms with Gasteiger partial charge in [0.05, 0.1) is 9.85 Å². The fourth-order valence-corrected chi connectivity index (χ4v) is 7.26. The summed E-state index contributed by atoms with van der Waals surface area (Å²) in [6, 6.07) is 50.4. The smallest absolute Gasteiger partial charge is 0.269 e. The number of nitrogens with zero attached hydrogens (tertiary/aromatic N) is 4. The molecule has 2 aliphatic rings. The number of ether oxygens (including phenoxy) is 3. The minimum absolute atomic E-state index is 0.0576. The lowest BCUT2D eigenvalue weighted by atomic mass is 9.92. The van der Waals surface area contributed by atoms with Crippen LogP contribution in [0.2, 0.25) is 0 Å². The molecule has 2 unspecified atom stereocenters. The Morgan fingerprint density at radius 1 is 0.541 bits per heavy atom. The van der Waals surface area contributed by atoms with E-state index in [4.69, 9.17) is 14.2 Å². The molecule has 0 aliphatic carbocycles. The van der Waals surface area contributed by atoms with Gasteiger partial charge in [-0.05, 0) is 66.1 Å². The Labute approximate surface area is 354 Å². The van der Waals surface area contributed by atoms with Crippen molar-refractivity contribution in [1.82, 2.24) is 9.80 Å². The van der Waals surface area contributed by atoms with Crippen LogP contribution in [0.3, 0.4) is 0 Å². The number of likely N-dealkylation sites (tertiary alicyclic amines) is 2. The van der Waals surface area contributed by atoms with E-state index < -0.39 is 26.9 Å². The second kappa shape index (κ2) is 21.5. The van der Waals surface area contributed by atoms with Crippen LogP contribution in [0.25, 0.3) is 0 Å². The average molecular weight is 829 g/mol. The van der Waals surface area contributed by atoms with Crippen LogP contribution in [0, 0.1) is 26.0 Å². The molecular weight excluding hydrogens is 780 g/mol. The normalized spacial score (nSPS) is 18.5. The quantitative estimate of drug-likeness (QED) is 0.0836. The molecule has 2 atom stereocenters. The molecule has 1 N–H and O–H groups in total. The van der Waals surface area contributed by atoms with Crippen LogP contribution in [0.15, 0.2) is 170 Å². The molecule has 2 heterocycles. The summed E-state index contributed by atoms with van der Waals surface area (Å²) in [4.78, 5) is 24.6. The van der Waals surface area contributed by atoms with Gasteiger partial charge in [-0.15, -0.1) is 0 Å². The molecule has 0 spiro atoms. The fraction of sp³-hybridized carbons (Fsp3) is 0.250. The molecule has 6 aromatic rings. The zero-order valence-electron chi connectivity index (χ0n) is 33.7. The van der Waals surface area contributed by atoms with Crippen LogP contribution < -0.4 is 14.2 Å². The van der Waals surface area contributed by atoms with Crippen LogP contribution in [-0.4, -0.2) is 77.2 Å². The predicted molar refractivity (Wildman–Crippen MR) is 231 cm³/mol. The van der Waals surface area contributed by atoms with Crippen molar-refractivity contribution >= 4 is 11.4 Å². The molecule has 2 aliphatic heterocycles. The van der Waals surface area contributed by atoms with Crippen LogP contribution in [-0.2, 0) is 11.2 Å². The maximum atomic E-state index is 12.1. The number of para-hydroxylation sites is 2. The molecule has 8 rings (SSSR count). The summed E-state index contributed by atoms with van der Waals surface area (Å²) in [5, 5.41) is 31.7. The van der Waals surface area contributed by atoms with Gasteiger partial charge in [-0.25, -0.2) is 4.39 Å². The molecule has 12 nitrogen and oxygen atoms in total. The lowest BCUT2D eigenvalue weighted by Gasteiger charge is -2.31. The van der Waals surface area contributed by atoms with Crippen molar-refractivity contribution in [3.05, 3.63) is 207 Å². The number of aliphatic hydroxyl groups is 1. The summed E-state index contributed by atoms with van der Waals surface area (Å²) in [6.07, 6.45) is 1.61. The number of benzene rings is 6. The van der Waals surface area contributed by atoms with E-state index in [1.807, 2.05) is 109 Å². The molecule has 0 bridgehead atoms. The largest absolute Gasteiger partial charge is 0.492 e. The van der Waals surface area contributed by atoms with E-state index >= 15 is 0 Å². The van der Waals surface area contributed by atoms with Gasteiger partial charge in [0.25, 0.3) is 11.4 Å². The molecule has 6 aromatic carbocycles. The van der Waals surface area contributed by atoms with E-state index in [0.717, 1.165) is 92.5 Å². The van der Waals surface area contributed by atoms with E-state index in [2.05, 4.69) is 21.9 Å². The second-order valence-corrected chi connectivity index (χ2v) is 14.7. The summed E-state index contributed by atoms with van der Waals surface area (Å²) in [6.45, 7) is 6.09. The first-order chi connectivity index (χ1) is 29.6. The highest BCUT2D eigenvalue weighted by atomic mass is 19.1. The minimum atomic E-state index is -0.714.